The number of benzene rings is 1. The highest BCUT2D eigenvalue weighted by atomic mass is 19.4. The van der Waals surface area contributed by atoms with E-state index in [9.17, 15) is 18.0 Å². The summed E-state index contributed by atoms with van der Waals surface area (Å²) in [5.41, 5.74) is 1.12. The first-order chi connectivity index (χ1) is 12.4. The Labute approximate surface area is 150 Å². The monoisotopic (exact) mass is 373 g/mol. The van der Waals surface area contributed by atoms with Crippen molar-refractivity contribution in [2.45, 2.75) is 31.9 Å². The summed E-state index contributed by atoms with van der Waals surface area (Å²) in [6, 6.07) is 6.50. The number of carbonyl (C=O) groups is 1. The van der Waals surface area contributed by atoms with Gasteiger partial charge in [-0.2, -0.15) is 13.2 Å². The van der Waals surface area contributed by atoms with Crippen molar-refractivity contribution >= 4 is 5.91 Å². The molecule has 144 valence electrons. The first kappa shape index (κ1) is 19.1. The predicted molar refractivity (Wildman–Crippen MR) is 86.5 cm³/mol. The van der Waals surface area contributed by atoms with Crippen LogP contribution in [0.3, 0.4) is 0 Å². The minimum atomic E-state index is -4.34. The SMILES string of the molecule is O=C(c1ccc(COCC(F)(F)F)cc1)N1CCC(C2OCCO2)CC1. The quantitative estimate of drug-likeness (QED) is 0.796. The second-order valence-electron chi connectivity index (χ2n) is 6.54. The number of amides is 1. The van der Waals surface area contributed by atoms with Gasteiger partial charge in [0.1, 0.15) is 6.61 Å². The van der Waals surface area contributed by atoms with Crippen LogP contribution in [-0.4, -0.2) is 56.2 Å². The molecule has 5 nitrogen and oxygen atoms in total. The maximum absolute atomic E-state index is 12.6. The summed E-state index contributed by atoms with van der Waals surface area (Å²) >= 11 is 0. The Bertz CT molecular complexity index is 591. The minimum Gasteiger partial charge on any atom is -0.367 e. The fraction of sp³-hybridized carbons (Fsp3) is 0.611. The number of piperidine rings is 1. The number of hydrogen-bond donors (Lipinski definition) is 0. The van der Waals surface area contributed by atoms with Crippen molar-refractivity contribution < 1.29 is 32.2 Å². The van der Waals surface area contributed by atoms with Crippen LogP contribution in [0, 0.1) is 5.92 Å². The van der Waals surface area contributed by atoms with Gasteiger partial charge in [-0.1, -0.05) is 12.1 Å². The van der Waals surface area contributed by atoms with Gasteiger partial charge in [-0.25, -0.2) is 0 Å². The van der Waals surface area contributed by atoms with Crippen LogP contribution in [0.2, 0.25) is 0 Å². The largest absolute Gasteiger partial charge is 0.411 e. The molecule has 2 saturated heterocycles. The molecular formula is C18H22F3NO4. The number of rotatable bonds is 5. The summed E-state index contributed by atoms with van der Waals surface area (Å²) < 4.78 is 51.9. The van der Waals surface area contributed by atoms with Gasteiger partial charge < -0.3 is 19.1 Å². The lowest BCUT2D eigenvalue weighted by Gasteiger charge is -2.33. The van der Waals surface area contributed by atoms with E-state index >= 15 is 0 Å². The standard InChI is InChI=1S/C18H22F3NO4/c19-18(20,21)12-24-11-13-1-3-14(4-2-13)16(23)22-7-5-15(6-8-22)17-25-9-10-26-17/h1-4,15,17H,5-12H2. The van der Waals surface area contributed by atoms with Crippen LogP contribution in [-0.2, 0) is 20.8 Å². The Hall–Kier alpha value is -1.64. The summed E-state index contributed by atoms with van der Waals surface area (Å²) in [4.78, 5) is 14.4. The van der Waals surface area contributed by atoms with Crippen molar-refractivity contribution in [3.8, 4) is 0 Å². The molecule has 1 aromatic rings. The van der Waals surface area contributed by atoms with Gasteiger partial charge in [0.05, 0.1) is 19.8 Å². The summed E-state index contributed by atoms with van der Waals surface area (Å²) in [7, 11) is 0. The number of ether oxygens (including phenoxy) is 3. The third-order valence-electron chi connectivity index (χ3n) is 4.59. The third kappa shape index (κ3) is 5.18. The molecule has 0 aromatic heterocycles. The number of halogens is 3. The van der Waals surface area contributed by atoms with E-state index in [0.717, 1.165) is 12.8 Å². The maximum atomic E-state index is 12.6. The Morgan fingerprint density at radius 3 is 2.31 bits per heavy atom. The van der Waals surface area contributed by atoms with Crippen molar-refractivity contribution in [2.24, 2.45) is 5.92 Å². The van der Waals surface area contributed by atoms with E-state index < -0.39 is 12.8 Å². The zero-order valence-electron chi connectivity index (χ0n) is 14.3. The lowest BCUT2D eigenvalue weighted by molar-refractivity contribution is -0.176. The van der Waals surface area contributed by atoms with Gasteiger partial charge in [-0.15, -0.1) is 0 Å². The normalized spacial score (nSPS) is 19.9. The van der Waals surface area contributed by atoms with E-state index in [2.05, 4.69) is 4.74 Å². The van der Waals surface area contributed by atoms with Gasteiger partial charge in [-0.3, -0.25) is 4.79 Å². The lowest BCUT2D eigenvalue weighted by Crippen LogP contribution is -2.41. The number of nitrogens with zero attached hydrogens (tertiary/aromatic N) is 1. The third-order valence-corrected chi connectivity index (χ3v) is 4.59. The van der Waals surface area contributed by atoms with Crippen molar-refractivity contribution in [1.29, 1.82) is 0 Å². The highest BCUT2D eigenvalue weighted by Crippen LogP contribution is 2.26. The topological polar surface area (TPSA) is 48.0 Å². The molecule has 0 N–H and O–H groups in total. The molecular weight excluding hydrogens is 351 g/mol. The molecule has 8 heteroatoms. The molecule has 2 heterocycles. The maximum Gasteiger partial charge on any atom is 0.411 e. The number of likely N-dealkylation sites (tertiary alicyclic amines) is 1. The lowest BCUT2D eigenvalue weighted by atomic mass is 9.95. The zero-order valence-corrected chi connectivity index (χ0v) is 14.3. The van der Waals surface area contributed by atoms with Crippen LogP contribution in [0.1, 0.15) is 28.8 Å². The van der Waals surface area contributed by atoms with Gasteiger partial charge in [0.15, 0.2) is 6.29 Å². The van der Waals surface area contributed by atoms with Crippen molar-refractivity contribution in [3.05, 3.63) is 35.4 Å². The summed E-state index contributed by atoms with van der Waals surface area (Å²) in [5.74, 6) is 0.245. The van der Waals surface area contributed by atoms with E-state index in [1.807, 2.05) is 0 Å². The average molecular weight is 373 g/mol. The van der Waals surface area contributed by atoms with Gasteiger partial charge >= 0.3 is 6.18 Å². The second kappa shape index (κ2) is 8.37. The average Bonchev–Trinajstić information content (AvgIpc) is 3.15. The van der Waals surface area contributed by atoms with Crippen molar-refractivity contribution in [1.82, 2.24) is 4.90 Å². The van der Waals surface area contributed by atoms with Crippen LogP contribution >= 0.6 is 0 Å². The van der Waals surface area contributed by atoms with Crippen LogP contribution in [0.25, 0.3) is 0 Å². The minimum absolute atomic E-state index is 0.0699. The molecule has 0 spiro atoms. The van der Waals surface area contributed by atoms with Crippen LogP contribution in [0.5, 0.6) is 0 Å². The molecule has 2 aliphatic heterocycles. The second-order valence-corrected chi connectivity index (χ2v) is 6.54. The number of alkyl halides is 3. The summed E-state index contributed by atoms with van der Waals surface area (Å²) in [6.45, 7) is 1.12. The number of hydrogen-bond acceptors (Lipinski definition) is 4. The molecule has 26 heavy (non-hydrogen) atoms. The molecule has 0 saturated carbocycles. The molecule has 2 aliphatic rings. The van der Waals surface area contributed by atoms with Gasteiger partial charge in [0, 0.05) is 24.6 Å². The highest BCUT2D eigenvalue weighted by molar-refractivity contribution is 5.94. The van der Waals surface area contributed by atoms with Crippen LogP contribution in [0.4, 0.5) is 13.2 Å². The first-order valence-corrected chi connectivity index (χ1v) is 8.68. The van der Waals surface area contributed by atoms with E-state index in [-0.39, 0.29) is 18.8 Å². The Morgan fingerprint density at radius 2 is 1.73 bits per heavy atom. The van der Waals surface area contributed by atoms with Crippen molar-refractivity contribution in [2.75, 3.05) is 32.9 Å². The zero-order chi connectivity index (χ0) is 18.6. The molecule has 1 aromatic carbocycles. The fourth-order valence-electron chi connectivity index (χ4n) is 3.23. The first-order valence-electron chi connectivity index (χ1n) is 8.68. The molecule has 3 rings (SSSR count). The predicted octanol–water partition coefficient (Wildman–Crippen LogP) is 2.99. The summed E-state index contributed by atoms with van der Waals surface area (Å²) in [5, 5.41) is 0. The van der Waals surface area contributed by atoms with E-state index in [4.69, 9.17) is 9.47 Å². The highest BCUT2D eigenvalue weighted by Gasteiger charge is 2.32. The molecule has 0 radical (unpaired) electrons. The van der Waals surface area contributed by atoms with Crippen LogP contribution < -0.4 is 0 Å². The van der Waals surface area contributed by atoms with Gasteiger partial charge in [-0.05, 0) is 30.5 Å². The molecule has 0 atom stereocenters. The molecule has 0 unspecified atom stereocenters. The smallest absolute Gasteiger partial charge is 0.367 e. The van der Waals surface area contributed by atoms with Crippen molar-refractivity contribution in [3.63, 3.8) is 0 Å². The Kier molecular flexibility index (Phi) is 6.16. The summed E-state index contributed by atoms with van der Waals surface area (Å²) in [6.07, 6.45) is -2.82. The van der Waals surface area contributed by atoms with E-state index in [1.165, 1.54) is 0 Å². The van der Waals surface area contributed by atoms with Crippen LogP contribution in [0.15, 0.2) is 24.3 Å². The Morgan fingerprint density at radius 1 is 1.12 bits per heavy atom. The van der Waals surface area contributed by atoms with Gasteiger partial charge in [0.2, 0.25) is 0 Å². The fourth-order valence-corrected chi connectivity index (χ4v) is 3.23. The molecule has 2 fully saturated rings. The van der Waals surface area contributed by atoms with Gasteiger partial charge in [0.25, 0.3) is 5.91 Å². The number of carbonyl (C=O) groups excluding carboxylic acids is 1. The van der Waals surface area contributed by atoms with E-state index in [0.29, 0.717) is 43.3 Å². The molecule has 0 aliphatic carbocycles. The molecule has 0 bridgehead atoms. The Balaban J connectivity index is 1.47. The van der Waals surface area contributed by atoms with E-state index in [1.54, 1.807) is 29.2 Å². The molecule has 1 amide bonds.